The van der Waals surface area contributed by atoms with Gasteiger partial charge < -0.3 is 4.90 Å². The minimum Gasteiger partial charge on any atom is -0.309 e. The summed E-state index contributed by atoms with van der Waals surface area (Å²) in [5.74, 6) is 0.158. The lowest BCUT2D eigenvalue weighted by Gasteiger charge is -2.15. The summed E-state index contributed by atoms with van der Waals surface area (Å²) in [4.78, 5) is 1.94. The van der Waals surface area contributed by atoms with Crippen LogP contribution in [0.4, 0.5) is 0 Å². The van der Waals surface area contributed by atoms with E-state index in [-0.39, 0.29) is 11.7 Å². The maximum absolute atomic E-state index is 10.6. The van der Waals surface area contributed by atoms with E-state index < -0.39 is 10.0 Å². The van der Waals surface area contributed by atoms with Crippen molar-refractivity contribution in [3.05, 3.63) is 0 Å². The van der Waals surface area contributed by atoms with Gasteiger partial charge >= 0.3 is 0 Å². The lowest BCUT2D eigenvalue weighted by molar-refractivity contribution is 0.354. The highest BCUT2D eigenvalue weighted by atomic mass is 32.2. The van der Waals surface area contributed by atoms with E-state index in [1.165, 1.54) is 0 Å². The van der Waals surface area contributed by atoms with E-state index in [1.54, 1.807) is 0 Å². The maximum atomic E-state index is 10.6. The molecule has 0 aliphatic heterocycles. The molecule has 0 bridgehead atoms. The Morgan fingerprint density at radius 1 is 1.45 bits per heavy atom. The third-order valence-electron chi connectivity index (χ3n) is 1.19. The summed E-state index contributed by atoms with van der Waals surface area (Å²) in [6, 6.07) is 0. The molecule has 0 amide bonds. The Labute approximate surface area is 68.4 Å². The highest BCUT2D eigenvalue weighted by Crippen LogP contribution is 1.98. The average molecular weight is 180 g/mol. The molecule has 11 heavy (non-hydrogen) atoms. The Hall–Kier alpha value is -0.130. The minimum atomic E-state index is -3.30. The van der Waals surface area contributed by atoms with Gasteiger partial charge in [-0.15, -0.1) is 0 Å². The Balaban J connectivity index is 3.80. The lowest BCUT2D eigenvalue weighted by atomic mass is 10.2. The Morgan fingerprint density at radius 2 is 1.91 bits per heavy atom. The van der Waals surface area contributed by atoms with Crippen LogP contribution < -0.4 is 5.14 Å². The van der Waals surface area contributed by atoms with Crippen LogP contribution in [0.1, 0.15) is 6.92 Å². The molecule has 0 saturated heterocycles. The maximum Gasteiger partial charge on any atom is 0.209 e. The van der Waals surface area contributed by atoms with E-state index in [9.17, 15) is 8.42 Å². The van der Waals surface area contributed by atoms with Crippen molar-refractivity contribution in [1.29, 1.82) is 0 Å². The first-order valence-corrected chi connectivity index (χ1v) is 5.18. The molecule has 0 radical (unpaired) electrons. The summed E-state index contributed by atoms with van der Waals surface area (Å²) in [7, 11) is 0.509. The molecule has 1 unspecified atom stereocenters. The Morgan fingerprint density at radius 3 is 2.18 bits per heavy atom. The third kappa shape index (κ3) is 7.77. The summed E-state index contributed by atoms with van der Waals surface area (Å²) in [5, 5.41) is 4.87. The second kappa shape index (κ2) is 4.04. The van der Waals surface area contributed by atoms with Crippen molar-refractivity contribution < 1.29 is 8.42 Å². The van der Waals surface area contributed by atoms with Gasteiger partial charge in [0.2, 0.25) is 10.0 Å². The van der Waals surface area contributed by atoms with Crippen LogP contribution in [0, 0.1) is 5.92 Å². The minimum absolute atomic E-state index is 0.0607. The van der Waals surface area contributed by atoms with Crippen LogP contribution in [0.2, 0.25) is 0 Å². The van der Waals surface area contributed by atoms with Crippen molar-refractivity contribution in [3.8, 4) is 0 Å². The number of hydrogen-bond donors (Lipinski definition) is 1. The number of hydrogen-bond acceptors (Lipinski definition) is 3. The van der Waals surface area contributed by atoms with Crippen molar-refractivity contribution >= 4 is 10.0 Å². The molecular weight excluding hydrogens is 164 g/mol. The van der Waals surface area contributed by atoms with E-state index in [0.717, 1.165) is 6.54 Å². The van der Waals surface area contributed by atoms with Gasteiger partial charge in [-0.3, -0.25) is 0 Å². The summed E-state index contributed by atoms with van der Waals surface area (Å²) >= 11 is 0. The molecule has 0 heterocycles. The number of primary sulfonamides is 1. The number of rotatable bonds is 4. The predicted molar refractivity (Wildman–Crippen MR) is 45.7 cm³/mol. The zero-order valence-electron chi connectivity index (χ0n) is 7.24. The summed E-state index contributed by atoms with van der Waals surface area (Å²) in [5.41, 5.74) is 0. The van der Waals surface area contributed by atoms with Crippen molar-refractivity contribution in [1.82, 2.24) is 4.90 Å². The van der Waals surface area contributed by atoms with Crippen LogP contribution in [-0.2, 0) is 10.0 Å². The zero-order chi connectivity index (χ0) is 9.07. The fraction of sp³-hybridized carbons (Fsp3) is 1.00. The predicted octanol–water partition coefficient (Wildman–Crippen LogP) is -0.527. The third-order valence-corrected chi connectivity index (χ3v) is 2.23. The molecule has 68 valence electrons. The van der Waals surface area contributed by atoms with Gasteiger partial charge in [0.1, 0.15) is 0 Å². The van der Waals surface area contributed by atoms with Crippen molar-refractivity contribution in [2.45, 2.75) is 6.92 Å². The monoisotopic (exact) mass is 180 g/mol. The highest BCUT2D eigenvalue weighted by molar-refractivity contribution is 7.89. The average Bonchev–Trinajstić information content (AvgIpc) is 1.53. The SMILES string of the molecule is CC(CN(C)C)CS(N)(=O)=O. The van der Waals surface area contributed by atoms with Gasteiger partial charge in [-0.2, -0.15) is 0 Å². The first kappa shape index (κ1) is 10.9. The smallest absolute Gasteiger partial charge is 0.209 e. The van der Waals surface area contributed by atoms with Crippen LogP contribution in [0.5, 0.6) is 0 Å². The molecule has 0 rings (SSSR count). The molecule has 0 spiro atoms. The largest absolute Gasteiger partial charge is 0.309 e. The molecule has 2 N–H and O–H groups in total. The van der Waals surface area contributed by atoms with Gasteiger partial charge in [-0.05, 0) is 20.0 Å². The van der Waals surface area contributed by atoms with Crippen LogP contribution in [0.15, 0.2) is 0 Å². The fourth-order valence-electron chi connectivity index (χ4n) is 1.07. The van der Waals surface area contributed by atoms with Crippen LogP contribution >= 0.6 is 0 Å². The summed E-state index contributed by atoms with van der Waals surface area (Å²) < 4.78 is 21.2. The van der Waals surface area contributed by atoms with Gasteiger partial charge in [0.05, 0.1) is 5.75 Å². The molecule has 4 nitrogen and oxygen atoms in total. The first-order valence-electron chi connectivity index (χ1n) is 3.46. The molecule has 1 atom stereocenters. The van der Waals surface area contributed by atoms with Gasteiger partial charge in [-0.1, -0.05) is 6.92 Å². The van der Waals surface area contributed by atoms with Crippen LogP contribution in [0.25, 0.3) is 0 Å². The Bertz CT molecular complexity index is 199. The number of nitrogens with zero attached hydrogens (tertiary/aromatic N) is 1. The first-order chi connectivity index (χ1) is 4.81. The molecule has 0 aromatic heterocycles. The van der Waals surface area contributed by atoms with E-state index in [4.69, 9.17) is 5.14 Å². The van der Waals surface area contributed by atoms with Crippen molar-refractivity contribution in [2.24, 2.45) is 11.1 Å². The van der Waals surface area contributed by atoms with Crippen LogP contribution in [-0.4, -0.2) is 39.7 Å². The molecule has 0 aliphatic carbocycles. The number of nitrogens with two attached hydrogens (primary N) is 1. The molecule has 0 aliphatic rings. The molecule has 0 aromatic rings. The van der Waals surface area contributed by atoms with Gasteiger partial charge in [0.15, 0.2) is 0 Å². The standard InChI is InChI=1S/C6H16N2O2S/c1-6(4-8(2)3)5-11(7,9)10/h6H,4-5H2,1-3H3,(H2,7,9,10). The van der Waals surface area contributed by atoms with Crippen molar-refractivity contribution in [2.75, 3.05) is 26.4 Å². The van der Waals surface area contributed by atoms with E-state index in [1.807, 2.05) is 25.9 Å². The van der Waals surface area contributed by atoms with E-state index in [0.29, 0.717) is 0 Å². The normalized spacial score (nSPS) is 15.4. The second-order valence-corrected chi connectivity index (χ2v) is 4.86. The molecule has 5 heteroatoms. The molecule has 0 saturated carbocycles. The van der Waals surface area contributed by atoms with Gasteiger partial charge in [0.25, 0.3) is 0 Å². The molecule has 0 fully saturated rings. The molecule has 0 aromatic carbocycles. The summed E-state index contributed by atoms with van der Waals surface area (Å²) in [6.07, 6.45) is 0. The quantitative estimate of drug-likeness (QED) is 0.632. The highest BCUT2D eigenvalue weighted by Gasteiger charge is 2.10. The van der Waals surface area contributed by atoms with E-state index >= 15 is 0 Å². The number of sulfonamides is 1. The zero-order valence-corrected chi connectivity index (χ0v) is 8.06. The Kier molecular flexibility index (Phi) is 3.99. The molecular formula is C6H16N2O2S. The van der Waals surface area contributed by atoms with Gasteiger partial charge in [-0.25, -0.2) is 13.6 Å². The second-order valence-electron chi connectivity index (χ2n) is 3.20. The lowest BCUT2D eigenvalue weighted by Crippen LogP contribution is -2.28. The topological polar surface area (TPSA) is 63.4 Å². The fourth-order valence-corrected chi connectivity index (χ4v) is 1.97. The van der Waals surface area contributed by atoms with Crippen LogP contribution in [0.3, 0.4) is 0 Å². The van der Waals surface area contributed by atoms with E-state index in [2.05, 4.69) is 0 Å². The summed E-state index contributed by atoms with van der Waals surface area (Å²) in [6.45, 7) is 2.61. The van der Waals surface area contributed by atoms with Gasteiger partial charge in [0, 0.05) is 6.54 Å². The van der Waals surface area contributed by atoms with Crippen molar-refractivity contribution in [3.63, 3.8) is 0 Å².